The predicted molar refractivity (Wildman–Crippen MR) is 55.1 cm³/mol. The fourth-order valence-electron chi connectivity index (χ4n) is 1.40. The summed E-state index contributed by atoms with van der Waals surface area (Å²) in [5.41, 5.74) is 5.23. The normalized spacial score (nSPS) is 16.1. The highest BCUT2D eigenvalue weighted by Crippen LogP contribution is 2.01. The molecule has 6 heteroatoms. The lowest BCUT2D eigenvalue weighted by Gasteiger charge is -2.33. The first-order valence-electron chi connectivity index (χ1n) is 4.38. The summed E-state index contributed by atoms with van der Waals surface area (Å²) < 4.78 is 0. The third-order valence-corrected chi connectivity index (χ3v) is 2.25. The molecule has 1 aliphatic rings. The van der Waals surface area contributed by atoms with Crippen LogP contribution in [0, 0.1) is 0 Å². The second kappa shape index (κ2) is 5.82. The van der Waals surface area contributed by atoms with E-state index in [0.29, 0.717) is 26.2 Å². The van der Waals surface area contributed by atoms with E-state index in [9.17, 15) is 9.59 Å². The van der Waals surface area contributed by atoms with Crippen molar-refractivity contribution >= 4 is 24.2 Å². The van der Waals surface area contributed by atoms with E-state index in [-0.39, 0.29) is 30.8 Å². The van der Waals surface area contributed by atoms with E-state index in [1.165, 1.54) is 0 Å². The van der Waals surface area contributed by atoms with Gasteiger partial charge in [-0.1, -0.05) is 0 Å². The van der Waals surface area contributed by atoms with Gasteiger partial charge in [0.25, 0.3) is 0 Å². The number of amides is 2. The van der Waals surface area contributed by atoms with Crippen molar-refractivity contribution in [1.82, 2.24) is 9.80 Å². The average Bonchev–Trinajstić information content (AvgIpc) is 2.17. The number of hydrogen-bond donors (Lipinski definition) is 1. The lowest BCUT2D eigenvalue weighted by atomic mass is 10.3. The molecule has 82 valence electrons. The molecule has 0 aromatic heterocycles. The van der Waals surface area contributed by atoms with E-state index < -0.39 is 0 Å². The second-order valence-electron chi connectivity index (χ2n) is 3.09. The quantitative estimate of drug-likeness (QED) is 0.622. The largest absolute Gasteiger partial charge is 0.339 e. The summed E-state index contributed by atoms with van der Waals surface area (Å²) in [6.45, 7) is 4.06. The highest BCUT2D eigenvalue weighted by atomic mass is 35.5. The minimum absolute atomic E-state index is 0. The van der Waals surface area contributed by atoms with Crippen LogP contribution in [-0.2, 0) is 9.59 Å². The van der Waals surface area contributed by atoms with Gasteiger partial charge < -0.3 is 15.5 Å². The number of carbonyl (C=O) groups excluding carboxylic acids is 2. The molecule has 2 N–H and O–H groups in total. The van der Waals surface area contributed by atoms with Crippen LogP contribution >= 0.6 is 12.4 Å². The third-order valence-electron chi connectivity index (χ3n) is 2.25. The molecular formula is C8H16ClN3O2. The van der Waals surface area contributed by atoms with Crippen LogP contribution in [0.1, 0.15) is 6.92 Å². The van der Waals surface area contributed by atoms with Crippen molar-refractivity contribution in [3.8, 4) is 0 Å². The van der Waals surface area contributed by atoms with Gasteiger partial charge >= 0.3 is 0 Å². The third kappa shape index (κ3) is 3.16. The predicted octanol–water partition coefficient (Wildman–Crippen LogP) is -0.942. The Balaban J connectivity index is 0.00000169. The Bertz CT molecular complexity index is 215. The van der Waals surface area contributed by atoms with Gasteiger partial charge in [-0.2, -0.15) is 0 Å². The van der Waals surface area contributed by atoms with Crippen molar-refractivity contribution < 1.29 is 9.59 Å². The number of halogens is 1. The van der Waals surface area contributed by atoms with Gasteiger partial charge in [0.15, 0.2) is 0 Å². The van der Waals surface area contributed by atoms with Crippen molar-refractivity contribution in [2.24, 2.45) is 5.73 Å². The summed E-state index contributed by atoms with van der Waals surface area (Å²) in [5, 5.41) is 0. The van der Waals surface area contributed by atoms with Crippen molar-refractivity contribution in [3.63, 3.8) is 0 Å². The molecule has 0 atom stereocenters. The smallest absolute Gasteiger partial charge is 0.236 e. The van der Waals surface area contributed by atoms with Crippen LogP contribution in [0.25, 0.3) is 0 Å². The minimum Gasteiger partial charge on any atom is -0.339 e. The summed E-state index contributed by atoms with van der Waals surface area (Å²) in [6, 6.07) is 0. The van der Waals surface area contributed by atoms with Crippen LogP contribution in [0.5, 0.6) is 0 Å². The maximum Gasteiger partial charge on any atom is 0.236 e. The first-order chi connectivity index (χ1) is 6.15. The Morgan fingerprint density at radius 2 is 1.57 bits per heavy atom. The Kier molecular flexibility index (Phi) is 5.49. The standard InChI is InChI=1S/C8H15N3O2.ClH/c1-7(12)10-2-4-11(5-3-10)8(13)6-9;/h2-6,9H2,1H3;1H. The Hall–Kier alpha value is -0.810. The molecule has 0 bridgehead atoms. The number of piperazine rings is 1. The number of rotatable bonds is 1. The molecule has 0 aromatic rings. The van der Waals surface area contributed by atoms with E-state index in [4.69, 9.17) is 5.73 Å². The fourth-order valence-corrected chi connectivity index (χ4v) is 1.40. The van der Waals surface area contributed by atoms with Gasteiger partial charge in [0.1, 0.15) is 0 Å². The molecule has 0 radical (unpaired) electrons. The molecule has 14 heavy (non-hydrogen) atoms. The zero-order valence-corrected chi connectivity index (χ0v) is 9.05. The van der Waals surface area contributed by atoms with Crippen LogP contribution in [0.2, 0.25) is 0 Å². The minimum atomic E-state index is -0.0387. The van der Waals surface area contributed by atoms with Crippen LogP contribution in [0.15, 0.2) is 0 Å². The van der Waals surface area contributed by atoms with Gasteiger partial charge in [-0.3, -0.25) is 9.59 Å². The van der Waals surface area contributed by atoms with Crippen LogP contribution in [-0.4, -0.2) is 54.3 Å². The van der Waals surface area contributed by atoms with E-state index in [1.807, 2.05) is 0 Å². The molecule has 1 heterocycles. The lowest BCUT2D eigenvalue weighted by molar-refractivity contribution is -0.137. The van der Waals surface area contributed by atoms with E-state index >= 15 is 0 Å². The monoisotopic (exact) mass is 221 g/mol. The summed E-state index contributed by atoms with van der Waals surface area (Å²) in [6.07, 6.45) is 0. The number of carbonyl (C=O) groups is 2. The molecule has 0 unspecified atom stereocenters. The maximum atomic E-state index is 11.1. The lowest BCUT2D eigenvalue weighted by Crippen LogP contribution is -2.51. The van der Waals surface area contributed by atoms with Gasteiger partial charge in [0, 0.05) is 33.1 Å². The number of hydrogen-bond acceptors (Lipinski definition) is 3. The van der Waals surface area contributed by atoms with Crippen molar-refractivity contribution in [3.05, 3.63) is 0 Å². The van der Waals surface area contributed by atoms with E-state index in [2.05, 4.69) is 0 Å². The molecule has 1 saturated heterocycles. The van der Waals surface area contributed by atoms with Crippen molar-refractivity contribution in [2.45, 2.75) is 6.92 Å². The van der Waals surface area contributed by atoms with Gasteiger partial charge in [0.2, 0.25) is 11.8 Å². The molecular weight excluding hydrogens is 206 g/mol. The van der Waals surface area contributed by atoms with E-state index in [1.54, 1.807) is 16.7 Å². The molecule has 1 rings (SSSR count). The topological polar surface area (TPSA) is 66.6 Å². The van der Waals surface area contributed by atoms with Gasteiger partial charge in [-0.25, -0.2) is 0 Å². The van der Waals surface area contributed by atoms with Gasteiger partial charge in [0.05, 0.1) is 6.54 Å². The zero-order chi connectivity index (χ0) is 9.84. The Morgan fingerprint density at radius 3 is 1.93 bits per heavy atom. The molecule has 1 aliphatic heterocycles. The highest BCUT2D eigenvalue weighted by molar-refractivity contribution is 5.85. The van der Waals surface area contributed by atoms with Crippen LogP contribution in [0.4, 0.5) is 0 Å². The molecule has 0 saturated carbocycles. The summed E-state index contributed by atoms with van der Waals surface area (Å²) in [4.78, 5) is 25.5. The van der Waals surface area contributed by atoms with Gasteiger partial charge in [-0.05, 0) is 0 Å². The Morgan fingerprint density at radius 1 is 1.14 bits per heavy atom. The highest BCUT2D eigenvalue weighted by Gasteiger charge is 2.20. The van der Waals surface area contributed by atoms with Crippen LogP contribution < -0.4 is 5.73 Å². The Labute approximate surface area is 89.6 Å². The molecule has 5 nitrogen and oxygen atoms in total. The van der Waals surface area contributed by atoms with E-state index in [0.717, 1.165) is 0 Å². The molecule has 1 fully saturated rings. The van der Waals surface area contributed by atoms with Crippen molar-refractivity contribution in [2.75, 3.05) is 32.7 Å². The molecule has 0 spiro atoms. The summed E-state index contributed by atoms with van der Waals surface area (Å²) in [5.74, 6) is 0.0306. The SMILES string of the molecule is CC(=O)N1CCN(C(=O)CN)CC1.Cl. The second-order valence-corrected chi connectivity index (χ2v) is 3.09. The molecule has 0 aliphatic carbocycles. The van der Waals surface area contributed by atoms with Gasteiger partial charge in [-0.15, -0.1) is 12.4 Å². The fraction of sp³-hybridized carbons (Fsp3) is 0.750. The summed E-state index contributed by atoms with van der Waals surface area (Å²) >= 11 is 0. The number of nitrogens with zero attached hydrogens (tertiary/aromatic N) is 2. The number of nitrogens with two attached hydrogens (primary N) is 1. The first kappa shape index (κ1) is 13.2. The molecule has 0 aromatic carbocycles. The van der Waals surface area contributed by atoms with Crippen molar-refractivity contribution in [1.29, 1.82) is 0 Å². The summed E-state index contributed by atoms with van der Waals surface area (Å²) in [7, 11) is 0. The zero-order valence-electron chi connectivity index (χ0n) is 8.23. The average molecular weight is 222 g/mol. The maximum absolute atomic E-state index is 11.1. The first-order valence-corrected chi connectivity index (χ1v) is 4.38. The molecule has 2 amide bonds. The van der Waals surface area contributed by atoms with Crippen LogP contribution in [0.3, 0.4) is 0 Å².